The lowest BCUT2D eigenvalue weighted by molar-refractivity contribution is -0.132. The van der Waals surface area contributed by atoms with Gasteiger partial charge in [-0.05, 0) is 36.4 Å². The quantitative estimate of drug-likeness (QED) is 0.219. The van der Waals surface area contributed by atoms with Crippen molar-refractivity contribution in [3.05, 3.63) is 82.4 Å². The molecule has 0 spiro atoms. The lowest BCUT2D eigenvalue weighted by Gasteiger charge is -2.22. The van der Waals surface area contributed by atoms with Crippen molar-refractivity contribution in [3.8, 4) is 11.5 Å². The zero-order valence-corrected chi connectivity index (χ0v) is 20.4. The van der Waals surface area contributed by atoms with Gasteiger partial charge < -0.3 is 14.6 Å². The van der Waals surface area contributed by atoms with Gasteiger partial charge in [0.15, 0.2) is 5.13 Å². The Hall–Kier alpha value is -4.02. The summed E-state index contributed by atoms with van der Waals surface area (Å²) in [5.74, 6) is -2.20. The Morgan fingerprint density at radius 3 is 2.64 bits per heavy atom. The van der Waals surface area contributed by atoms with Crippen LogP contribution in [0.3, 0.4) is 0 Å². The number of thiazole rings is 1. The largest absolute Gasteiger partial charge is 0.507 e. The molecular weight excluding hydrogens is 509 g/mol. The van der Waals surface area contributed by atoms with E-state index in [9.17, 15) is 19.1 Å². The van der Waals surface area contributed by atoms with Crippen molar-refractivity contribution in [1.82, 2.24) is 9.97 Å². The van der Waals surface area contributed by atoms with Gasteiger partial charge >= 0.3 is 5.91 Å². The van der Waals surface area contributed by atoms with Crippen LogP contribution in [-0.4, -0.2) is 41.0 Å². The van der Waals surface area contributed by atoms with Gasteiger partial charge in [0, 0.05) is 12.3 Å². The van der Waals surface area contributed by atoms with Gasteiger partial charge in [-0.3, -0.25) is 19.5 Å². The van der Waals surface area contributed by atoms with Crippen molar-refractivity contribution in [3.63, 3.8) is 0 Å². The van der Waals surface area contributed by atoms with Crippen LogP contribution >= 0.6 is 22.9 Å². The van der Waals surface area contributed by atoms with Gasteiger partial charge in [-0.1, -0.05) is 29.0 Å². The van der Waals surface area contributed by atoms with Crippen LogP contribution in [-0.2, 0) is 9.59 Å². The standard InChI is InChI=1S/C25H17ClFN3O5S/c1-34-12-6-7-13(18(9-12)35-2)22(31)20-21(16-5-3-4-8-28-16)30(24(33)23(20)32)25-29-17-10-14(26)15(27)11-19(17)36-25/h3-11,21,31H,1-2H3/b22-20+. The van der Waals surface area contributed by atoms with Crippen molar-refractivity contribution < 1.29 is 28.6 Å². The first-order chi connectivity index (χ1) is 17.3. The second-order valence-corrected chi connectivity index (χ2v) is 9.14. The van der Waals surface area contributed by atoms with Gasteiger partial charge in [0.1, 0.15) is 29.1 Å². The molecule has 1 atom stereocenters. The molecule has 2 aromatic carbocycles. The fourth-order valence-corrected chi connectivity index (χ4v) is 5.16. The number of Topliss-reactive ketones (excluding diaryl/α,β-unsaturated/α-hetero) is 1. The summed E-state index contributed by atoms with van der Waals surface area (Å²) in [5, 5.41) is 11.4. The number of aliphatic hydroxyl groups is 1. The molecular formula is C25H17ClFN3O5S. The number of anilines is 1. The number of rotatable bonds is 5. The first-order valence-corrected chi connectivity index (χ1v) is 11.7. The molecule has 0 radical (unpaired) electrons. The molecule has 0 bridgehead atoms. The van der Waals surface area contributed by atoms with Gasteiger partial charge in [0.2, 0.25) is 0 Å². The first kappa shape index (κ1) is 23.7. The molecule has 0 aliphatic carbocycles. The minimum absolute atomic E-state index is 0.116. The van der Waals surface area contributed by atoms with E-state index in [1.54, 1.807) is 30.3 Å². The average molecular weight is 526 g/mol. The van der Waals surface area contributed by atoms with Gasteiger partial charge in [0.05, 0.1) is 46.3 Å². The summed E-state index contributed by atoms with van der Waals surface area (Å²) < 4.78 is 25.1. The topological polar surface area (TPSA) is 102 Å². The summed E-state index contributed by atoms with van der Waals surface area (Å²) in [6.45, 7) is 0. The molecule has 182 valence electrons. The number of ether oxygens (including phenoxy) is 2. The average Bonchev–Trinajstić information content (AvgIpc) is 3.41. The second kappa shape index (κ2) is 9.21. The summed E-state index contributed by atoms with van der Waals surface area (Å²) in [4.78, 5) is 36.6. The van der Waals surface area contributed by atoms with Crippen LogP contribution in [0.15, 0.2) is 60.3 Å². The number of nitrogens with zero attached hydrogens (tertiary/aromatic N) is 3. The third-order valence-corrected chi connectivity index (χ3v) is 7.01. The smallest absolute Gasteiger partial charge is 0.301 e. The van der Waals surface area contributed by atoms with Crippen LogP contribution in [0.1, 0.15) is 17.3 Å². The molecule has 8 nitrogen and oxygen atoms in total. The Morgan fingerprint density at radius 1 is 1.14 bits per heavy atom. The van der Waals surface area contributed by atoms with Gasteiger partial charge in [-0.15, -0.1) is 0 Å². The number of fused-ring (bicyclic) bond motifs is 1. The molecule has 1 unspecified atom stereocenters. The molecule has 4 aromatic rings. The predicted octanol–water partition coefficient (Wildman–Crippen LogP) is 5.13. The van der Waals surface area contributed by atoms with E-state index in [1.165, 1.54) is 38.6 Å². The number of halogens is 2. The predicted molar refractivity (Wildman–Crippen MR) is 133 cm³/mol. The molecule has 2 aromatic heterocycles. The fourth-order valence-electron chi connectivity index (χ4n) is 4.00. The molecule has 11 heteroatoms. The Kier molecular flexibility index (Phi) is 6.07. The fraction of sp³-hybridized carbons (Fsp3) is 0.120. The van der Waals surface area contributed by atoms with E-state index >= 15 is 0 Å². The lowest BCUT2D eigenvalue weighted by atomic mass is 9.98. The third-order valence-electron chi connectivity index (χ3n) is 5.70. The SMILES string of the molecule is COc1ccc(/C(O)=C2\C(=O)C(=O)N(c3nc4cc(Cl)c(F)cc4s3)C2c2ccccn2)c(OC)c1. The number of hydrogen-bond donors (Lipinski definition) is 1. The molecule has 1 N–H and O–H groups in total. The number of carbonyl (C=O) groups excluding carboxylic acids is 2. The lowest BCUT2D eigenvalue weighted by Crippen LogP contribution is -2.29. The zero-order valence-electron chi connectivity index (χ0n) is 18.9. The van der Waals surface area contributed by atoms with E-state index < -0.39 is 29.3 Å². The molecule has 1 saturated heterocycles. The van der Waals surface area contributed by atoms with Crippen LogP contribution in [0.25, 0.3) is 16.0 Å². The highest BCUT2D eigenvalue weighted by Gasteiger charge is 2.49. The Bertz CT molecular complexity index is 1520. The van der Waals surface area contributed by atoms with Crippen LogP contribution in [0.2, 0.25) is 5.02 Å². The summed E-state index contributed by atoms with van der Waals surface area (Å²) >= 11 is 6.91. The molecule has 1 aliphatic heterocycles. The summed E-state index contributed by atoms with van der Waals surface area (Å²) in [5.41, 5.74) is 0.690. The second-order valence-electron chi connectivity index (χ2n) is 7.72. The third kappa shape index (κ3) is 3.84. The van der Waals surface area contributed by atoms with Gasteiger partial charge in [-0.25, -0.2) is 9.37 Å². The van der Waals surface area contributed by atoms with Crippen LogP contribution in [0.4, 0.5) is 9.52 Å². The number of carbonyl (C=O) groups is 2. The number of benzene rings is 2. The summed E-state index contributed by atoms with van der Waals surface area (Å²) in [6, 6.07) is 11.1. The highest BCUT2D eigenvalue weighted by atomic mass is 35.5. The van der Waals surface area contributed by atoms with E-state index in [0.717, 1.165) is 16.2 Å². The maximum atomic E-state index is 14.0. The van der Waals surface area contributed by atoms with E-state index in [1.807, 2.05) is 0 Å². The maximum absolute atomic E-state index is 14.0. The number of amides is 1. The summed E-state index contributed by atoms with van der Waals surface area (Å²) in [7, 11) is 2.89. The minimum Gasteiger partial charge on any atom is -0.507 e. The molecule has 5 rings (SSSR count). The first-order valence-electron chi connectivity index (χ1n) is 10.5. The molecule has 1 amide bonds. The normalized spacial score (nSPS) is 17.1. The van der Waals surface area contributed by atoms with Gasteiger partial charge in [-0.2, -0.15) is 0 Å². The Morgan fingerprint density at radius 2 is 1.94 bits per heavy atom. The zero-order chi connectivity index (χ0) is 25.6. The number of ketones is 1. The Labute approximate surface area is 213 Å². The molecule has 1 aliphatic rings. The molecule has 36 heavy (non-hydrogen) atoms. The van der Waals surface area contributed by atoms with E-state index in [0.29, 0.717) is 21.7 Å². The highest BCUT2D eigenvalue weighted by Crippen LogP contribution is 2.45. The van der Waals surface area contributed by atoms with Crippen molar-refractivity contribution in [1.29, 1.82) is 0 Å². The molecule has 0 saturated carbocycles. The Balaban J connectivity index is 1.73. The number of aromatic nitrogens is 2. The monoisotopic (exact) mass is 525 g/mol. The van der Waals surface area contributed by atoms with Crippen molar-refractivity contribution in [2.75, 3.05) is 19.1 Å². The van der Waals surface area contributed by atoms with Crippen LogP contribution < -0.4 is 14.4 Å². The molecule has 1 fully saturated rings. The number of hydrogen-bond acceptors (Lipinski definition) is 8. The van der Waals surface area contributed by atoms with Crippen molar-refractivity contribution in [2.24, 2.45) is 0 Å². The number of aliphatic hydroxyl groups excluding tert-OH is 1. The van der Waals surface area contributed by atoms with E-state index in [2.05, 4.69) is 9.97 Å². The maximum Gasteiger partial charge on any atom is 0.301 e. The van der Waals surface area contributed by atoms with Crippen LogP contribution in [0, 0.1) is 5.82 Å². The minimum atomic E-state index is -1.10. The number of methoxy groups -OCH3 is 2. The van der Waals surface area contributed by atoms with Crippen molar-refractivity contribution >= 4 is 55.7 Å². The van der Waals surface area contributed by atoms with E-state index in [-0.39, 0.29) is 27.0 Å². The van der Waals surface area contributed by atoms with Crippen LogP contribution in [0.5, 0.6) is 11.5 Å². The van der Waals surface area contributed by atoms with Gasteiger partial charge in [0.25, 0.3) is 5.78 Å². The summed E-state index contributed by atoms with van der Waals surface area (Å²) in [6.07, 6.45) is 1.51. The van der Waals surface area contributed by atoms with E-state index in [4.69, 9.17) is 21.1 Å². The van der Waals surface area contributed by atoms with Crippen molar-refractivity contribution in [2.45, 2.75) is 6.04 Å². The molecule has 3 heterocycles. The highest BCUT2D eigenvalue weighted by molar-refractivity contribution is 7.22. The number of pyridine rings is 1.